The van der Waals surface area contributed by atoms with Crippen LogP contribution in [0.25, 0.3) is 5.52 Å². The molecule has 1 amide bonds. The third-order valence-corrected chi connectivity index (χ3v) is 5.43. The lowest BCUT2D eigenvalue weighted by Gasteiger charge is -2.33. The second kappa shape index (κ2) is 7.35. The molecule has 4 aromatic heterocycles. The van der Waals surface area contributed by atoms with Crippen LogP contribution in [-0.2, 0) is 19.6 Å². The number of aromatic nitrogens is 7. The first-order chi connectivity index (χ1) is 15.6. The summed E-state index contributed by atoms with van der Waals surface area (Å²) in [5, 5.41) is 7.72. The summed E-state index contributed by atoms with van der Waals surface area (Å²) in [6.07, 6.45) is -5.82. The molecule has 0 aromatic carbocycles. The molecule has 0 spiro atoms. The Balaban J connectivity index is 1.63. The highest BCUT2D eigenvalue weighted by atomic mass is 19.4. The van der Waals surface area contributed by atoms with Gasteiger partial charge < -0.3 is 9.88 Å². The predicted octanol–water partition coefficient (Wildman–Crippen LogP) is 2.93. The van der Waals surface area contributed by atoms with Gasteiger partial charge in [0, 0.05) is 25.7 Å². The van der Waals surface area contributed by atoms with Crippen LogP contribution in [0.2, 0.25) is 0 Å². The van der Waals surface area contributed by atoms with Crippen molar-refractivity contribution >= 4 is 11.4 Å². The molecule has 1 N–H and O–H groups in total. The van der Waals surface area contributed by atoms with E-state index in [1.165, 1.54) is 36.5 Å². The van der Waals surface area contributed by atoms with Gasteiger partial charge in [-0.2, -0.15) is 18.3 Å². The molecular formula is C19H15F5N8O. The predicted molar refractivity (Wildman–Crippen MR) is 101 cm³/mol. The fraction of sp³-hybridized carbons (Fsp3) is 0.316. The van der Waals surface area contributed by atoms with Gasteiger partial charge in [-0.15, -0.1) is 5.10 Å². The van der Waals surface area contributed by atoms with Crippen molar-refractivity contribution in [1.29, 1.82) is 0 Å². The average Bonchev–Trinajstić information content (AvgIpc) is 3.48. The van der Waals surface area contributed by atoms with Crippen molar-refractivity contribution in [3.05, 3.63) is 65.0 Å². The maximum absolute atomic E-state index is 13.5. The Morgan fingerprint density at radius 2 is 2.03 bits per heavy atom. The minimum atomic E-state index is -4.65. The molecule has 0 saturated carbocycles. The van der Waals surface area contributed by atoms with Crippen LogP contribution >= 0.6 is 0 Å². The van der Waals surface area contributed by atoms with Crippen LogP contribution in [0.15, 0.2) is 30.6 Å². The Morgan fingerprint density at radius 3 is 2.73 bits per heavy atom. The van der Waals surface area contributed by atoms with Gasteiger partial charge >= 0.3 is 6.18 Å². The molecule has 1 atom stereocenters. The fourth-order valence-electron chi connectivity index (χ4n) is 3.99. The maximum Gasteiger partial charge on any atom is 0.433 e. The van der Waals surface area contributed by atoms with Crippen LogP contribution in [0.3, 0.4) is 0 Å². The topological polar surface area (TPSA) is 97.0 Å². The SMILES string of the molecule is Cn1nc(C(F)F)nc1C(=O)N1CCc2[nH]cnc2C1c1cc2cccc(C(F)(F)F)n2n1. The molecule has 14 heteroatoms. The highest BCUT2D eigenvalue weighted by Crippen LogP contribution is 2.36. The fourth-order valence-corrected chi connectivity index (χ4v) is 3.99. The minimum Gasteiger partial charge on any atom is -0.348 e. The van der Waals surface area contributed by atoms with E-state index in [0.29, 0.717) is 17.8 Å². The van der Waals surface area contributed by atoms with Crippen molar-refractivity contribution in [1.82, 2.24) is 39.2 Å². The number of imidazole rings is 1. The lowest BCUT2D eigenvalue weighted by Crippen LogP contribution is -2.42. The normalized spacial score (nSPS) is 16.6. The van der Waals surface area contributed by atoms with Gasteiger partial charge in [0.25, 0.3) is 12.3 Å². The first-order valence-corrected chi connectivity index (χ1v) is 9.73. The molecule has 1 unspecified atom stereocenters. The van der Waals surface area contributed by atoms with Crippen molar-refractivity contribution in [2.45, 2.75) is 25.1 Å². The second-order valence-corrected chi connectivity index (χ2v) is 7.45. The number of nitrogens with one attached hydrogen (secondary N) is 1. The molecule has 4 aromatic rings. The van der Waals surface area contributed by atoms with Crippen molar-refractivity contribution in [2.24, 2.45) is 7.05 Å². The van der Waals surface area contributed by atoms with E-state index in [-0.39, 0.29) is 23.6 Å². The number of carbonyl (C=O) groups excluding carboxylic acids is 1. The number of nitrogens with zero attached hydrogens (tertiary/aromatic N) is 7. The quantitative estimate of drug-likeness (QED) is 0.469. The monoisotopic (exact) mass is 466 g/mol. The molecule has 9 nitrogen and oxygen atoms in total. The van der Waals surface area contributed by atoms with E-state index >= 15 is 0 Å². The van der Waals surface area contributed by atoms with E-state index in [4.69, 9.17) is 0 Å². The molecule has 33 heavy (non-hydrogen) atoms. The van der Waals surface area contributed by atoms with Crippen LogP contribution in [0.4, 0.5) is 22.0 Å². The minimum absolute atomic E-state index is 0.134. The lowest BCUT2D eigenvalue weighted by molar-refractivity contribution is -0.142. The molecule has 5 heterocycles. The zero-order valence-electron chi connectivity index (χ0n) is 16.9. The summed E-state index contributed by atoms with van der Waals surface area (Å²) >= 11 is 0. The number of alkyl halides is 5. The zero-order valence-corrected chi connectivity index (χ0v) is 16.9. The molecule has 0 fully saturated rings. The van der Waals surface area contributed by atoms with E-state index in [2.05, 4.69) is 25.1 Å². The first-order valence-electron chi connectivity index (χ1n) is 9.73. The van der Waals surface area contributed by atoms with E-state index in [1.54, 1.807) is 0 Å². The van der Waals surface area contributed by atoms with Gasteiger partial charge in [0.05, 0.1) is 23.2 Å². The number of hydrogen-bond donors (Lipinski definition) is 1. The first kappa shape index (κ1) is 21.0. The maximum atomic E-state index is 13.5. The van der Waals surface area contributed by atoms with Gasteiger partial charge in [0.1, 0.15) is 11.7 Å². The average molecular weight is 466 g/mol. The Hall–Kier alpha value is -3.84. The number of fused-ring (bicyclic) bond motifs is 2. The zero-order chi connectivity index (χ0) is 23.5. The third-order valence-electron chi connectivity index (χ3n) is 5.43. The van der Waals surface area contributed by atoms with E-state index in [1.807, 2.05) is 0 Å². The number of halogens is 5. The number of rotatable bonds is 3. The van der Waals surface area contributed by atoms with Gasteiger partial charge in [0.2, 0.25) is 11.6 Å². The Bertz CT molecular complexity index is 1350. The number of hydrogen-bond acceptors (Lipinski definition) is 5. The van der Waals surface area contributed by atoms with Crippen LogP contribution in [0, 0.1) is 0 Å². The second-order valence-electron chi connectivity index (χ2n) is 7.45. The number of H-pyrrole nitrogens is 1. The molecule has 1 aliphatic rings. The summed E-state index contributed by atoms with van der Waals surface area (Å²) in [7, 11) is 1.31. The summed E-state index contributed by atoms with van der Waals surface area (Å²) < 4.78 is 68.2. The molecule has 0 aliphatic carbocycles. The molecule has 1 aliphatic heterocycles. The Morgan fingerprint density at radius 1 is 1.24 bits per heavy atom. The summed E-state index contributed by atoms with van der Waals surface area (Å²) in [5.41, 5.74) is 0.446. The number of aryl methyl sites for hydroxylation is 1. The van der Waals surface area contributed by atoms with Crippen LogP contribution < -0.4 is 0 Å². The van der Waals surface area contributed by atoms with Crippen LogP contribution in [-0.4, -0.2) is 51.7 Å². The van der Waals surface area contributed by atoms with Gasteiger partial charge in [-0.05, 0) is 18.2 Å². The van der Waals surface area contributed by atoms with Crippen LogP contribution in [0.1, 0.15) is 51.7 Å². The standard InChI is InChI=1S/C19H15F5N8O/c1-30-17(27-16(29-30)15(20)21)18(33)31-6-5-10-13(26-8-25-10)14(31)11-7-9-3-2-4-12(19(22,23)24)32(9)28-11/h2-4,7-8,14-15H,5-6H2,1H3,(H,25,26). The van der Waals surface area contributed by atoms with Gasteiger partial charge in [-0.1, -0.05) is 6.07 Å². The van der Waals surface area contributed by atoms with Crippen molar-refractivity contribution in [3.63, 3.8) is 0 Å². The van der Waals surface area contributed by atoms with Gasteiger partial charge in [-0.25, -0.2) is 27.9 Å². The van der Waals surface area contributed by atoms with Crippen molar-refractivity contribution < 1.29 is 26.7 Å². The van der Waals surface area contributed by atoms with Crippen molar-refractivity contribution in [2.75, 3.05) is 6.54 Å². The molecular weight excluding hydrogens is 451 g/mol. The Kier molecular flexibility index (Phi) is 4.68. The summed E-state index contributed by atoms with van der Waals surface area (Å²) in [6.45, 7) is 0.134. The number of aromatic amines is 1. The molecule has 172 valence electrons. The van der Waals surface area contributed by atoms with Crippen molar-refractivity contribution in [3.8, 4) is 0 Å². The summed E-state index contributed by atoms with van der Waals surface area (Å²) in [5.74, 6) is -1.84. The number of pyridine rings is 1. The molecule has 0 bridgehead atoms. The molecule has 0 saturated heterocycles. The number of amides is 1. The smallest absolute Gasteiger partial charge is 0.348 e. The van der Waals surface area contributed by atoms with Crippen LogP contribution in [0.5, 0.6) is 0 Å². The summed E-state index contributed by atoms with van der Waals surface area (Å²) in [4.78, 5) is 25.5. The highest BCUT2D eigenvalue weighted by molar-refractivity contribution is 5.91. The lowest BCUT2D eigenvalue weighted by atomic mass is 9.99. The van der Waals surface area contributed by atoms with Gasteiger partial charge in [0.15, 0.2) is 0 Å². The summed E-state index contributed by atoms with van der Waals surface area (Å²) in [6, 6.07) is 4.10. The van der Waals surface area contributed by atoms with Gasteiger partial charge in [-0.3, -0.25) is 4.79 Å². The Labute approximate surface area is 181 Å². The molecule has 0 radical (unpaired) electrons. The highest BCUT2D eigenvalue weighted by Gasteiger charge is 2.39. The van der Waals surface area contributed by atoms with E-state index in [9.17, 15) is 26.7 Å². The van der Waals surface area contributed by atoms with E-state index in [0.717, 1.165) is 15.3 Å². The third kappa shape index (κ3) is 3.41. The largest absolute Gasteiger partial charge is 0.433 e. The van der Waals surface area contributed by atoms with E-state index < -0.39 is 36.1 Å². The molecule has 5 rings (SSSR count). The number of carbonyl (C=O) groups is 1.